The van der Waals surface area contributed by atoms with Gasteiger partial charge in [0.05, 0.1) is 18.6 Å². The normalized spacial score (nSPS) is 19.6. The van der Waals surface area contributed by atoms with Crippen LogP contribution in [0.25, 0.3) is 10.6 Å². The quantitative estimate of drug-likeness (QED) is 0.468. The van der Waals surface area contributed by atoms with Gasteiger partial charge in [-0.2, -0.15) is 0 Å². The van der Waals surface area contributed by atoms with Crippen LogP contribution in [0.2, 0.25) is 0 Å². The summed E-state index contributed by atoms with van der Waals surface area (Å²) in [6, 6.07) is 18.5. The number of piperazine rings is 1. The van der Waals surface area contributed by atoms with Crippen molar-refractivity contribution in [3.63, 3.8) is 0 Å². The van der Waals surface area contributed by atoms with Crippen LogP contribution < -0.4 is 4.74 Å². The first kappa shape index (κ1) is 23.4. The predicted molar refractivity (Wildman–Crippen MR) is 139 cm³/mol. The van der Waals surface area contributed by atoms with Gasteiger partial charge < -0.3 is 9.64 Å². The lowest BCUT2D eigenvalue weighted by Crippen LogP contribution is -2.48. The van der Waals surface area contributed by atoms with Crippen LogP contribution in [0.3, 0.4) is 0 Å². The number of rotatable bonds is 8. The first-order valence-electron chi connectivity index (χ1n) is 11.7. The van der Waals surface area contributed by atoms with E-state index in [4.69, 9.17) is 9.72 Å². The number of thioether (sulfide) groups is 1. The Morgan fingerprint density at radius 3 is 2.44 bits per heavy atom. The molecule has 0 radical (unpaired) electrons. The number of carbonyl (C=O) groups is 1. The Labute approximate surface area is 209 Å². The number of aromatic nitrogens is 1. The number of carbonyl (C=O) groups excluding carboxylic acids is 1. The first-order chi connectivity index (χ1) is 16.7. The minimum Gasteiger partial charge on any atom is -0.497 e. The molecule has 1 atom stereocenters. The second-order valence-electron chi connectivity index (χ2n) is 8.65. The summed E-state index contributed by atoms with van der Waals surface area (Å²) in [5, 5.41) is 3.38. The summed E-state index contributed by atoms with van der Waals surface area (Å²) in [5.74, 6) is 1.64. The lowest BCUT2D eigenvalue weighted by atomic mass is 10.2. The van der Waals surface area contributed by atoms with Gasteiger partial charge in [0, 0.05) is 56.8 Å². The van der Waals surface area contributed by atoms with Crippen molar-refractivity contribution < 1.29 is 9.53 Å². The molecule has 0 N–H and O–H groups in total. The van der Waals surface area contributed by atoms with Gasteiger partial charge in [-0.1, -0.05) is 42.5 Å². The topological polar surface area (TPSA) is 48.9 Å². The van der Waals surface area contributed by atoms with Crippen molar-refractivity contribution >= 4 is 29.0 Å². The van der Waals surface area contributed by atoms with E-state index in [0.717, 1.165) is 62.3 Å². The van der Waals surface area contributed by atoms with E-state index in [2.05, 4.69) is 51.6 Å². The highest BCUT2D eigenvalue weighted by Gasteiger charge is 2.33. The number of hydrogen-bond acceptors (Lipinski definition) is 7. The Morgan fingerprint density at radius 2 is 1.71 bits per heavy atom. The molecule has 0 saturated carbocycles. The van der Waals surface area contributed by atoms with Crippen molar-refractivity contribution in [1.82, 2.24) is 19.7 Å². The third-order valence-electron chi connectivity index (χ3n) is 6.45. The van der Waals surface area contributed by atoms with Crippen LogP contribution >= 0.6 is 23.1 Å². The van der Waals surface area contributed by atoms with Gasteiger partial charge in [-0.25, -0.2) is 4.98 Å². The molecule has 178 valence electrons. The van der Waals surface area contributed by atoms with Crippen molar-refractivity contribution in [2.75, 3.05) is 52.1 Å². The smallest absolute Gasteiger partial charge is 0.233 e. The fraction of sp³-hybridized carbons (Fsp3) is 0.385. The number of benzene rings is 2. The minimum atomic E-state index is 0.100. The molecule has 2 aromatic carbocycles. The zero-order valence-electron chi connectivity index (χ0n) is 19.4. The van der Waals surface area contributed by atoms with Crippen LogP contribution in [-0.2, 0) is 11.3 Å². The van der Waals surface area contributed by atoms with Crippen molar-refractivity contribution in [2.24, 2.45) is 0 Å². The van der Waals surface area contributed by atoms with E-state index < -0.39 is 0 Å². The maximum absolute atomic E-state index is 12.6. The van der Waals surface area contributed by atoms with Crippen molar-refractivity contribution in [1.29, 1.82) is 0 Å². The van der Waals surface area contributed by atoms with E-state index in [9.17, 15) is 4.79 Å². The van der Waals surface area contributed by atoms with Gasteiger partial charge in [0.15, 0.2) is 0 Å². The van der Waals surface area contributed by atoms with Crippen LogP contribution in [-0.4, -0.2) is 77.7 Å². The Balaban J connectivity index is 1.10. The summed E-state index contributed by atoms with van der Waals surface area (Å²) in [6.07, 6.45) is 0. The Morgan fingerprint density at radius 1 is 0.971 bits per heavy atom. The molecule has 2 aliphatic heterocycles. The fourth-order valence-electron chi connectivity index (χ4n) is 4.48. The van der Waals surface area contributed by atoms with Crippen molar-refractivity contribution in [2.45, 2.75) is 11.9 Å². The summed E-state index contributed by atoms with van der Waals surface area (Å²) in [6.45, 7) is 6.70. The van der Waals surface area contributed by atoms with E-state index >= 15 is 0 Å². The molecule has 0 aliphatic carbocycles. The average Bonchev–Trinajstić information content (AvgIpc) is 3.51. The summed E-state index contributed by atoms with van der Waals surface area (Å²) in [4.78, 5) is 24.4. The van der Waals surface area contributed by atoms with E-state index in [1.54, 1.807) is 30.2 Å². The molecule has 2 fully saturated rings. The van der Waals surface area contributed by atoms with Gasteiger partial charge in [0.2, 0.25) is 5.91 Å². The monoisotopic (exact) mass is 494 g/mol. The molecule has 5 rings (SSSR count). The zero-order valence-corrected chi connectivity index (χ0v) is 21.1. The molecule has 0 bridgehead atoms. The summed E-state index contributed by atoms with van der Waals surface area (Å²) in [7, 11) is 1.67. The lowest BCUT2D eigenvalue weighted by Gasteiger charge is -2.35. The predicted octanol–water partition coefficient (Wildman–Crippen LogP) is 4.21. The molecule has 6 nitrogen and oxygen atoms in total. The van der Waals surface area contributed by atoms with Crippen LogP contribution in [0.1, 0.15) is 16.6 Å². The molecular formula is C26H30N4O2S2. The lowest BCUT2D eigenvalue weighted by molar-refractivity contribution is -0.128. The Kier molecular flexibility index (Phi) is 7.49. The molecule has 0 spiro atoms. The number of nitrogens with zero attached hydrogens (tertiary/aromatic N) is 4. The highest BCUT2D eigenvalue weighted by Crippen LogP contribution is 2.38. The second kappa shape index (κ2) is 10.9. The molecule has 3 aromatic rings. The van der Waals surface area contributed by atoms with Crippen LogP contribution in [0.15, 0.2) is 60.0 Å². The average molecular weight is 495 g/mol. The third kappa shape index (κ3) is 5.46. The molecule has 2 aliphatic rings. The molecule has 3 heterocycles. The van der Waals surface area contributed by atoms with Gasteiger partial charge in [-0.15, -0.1) is 23.1 Å². The van der Waals surface area contributed by atoms with Gasteiger partial charge in [0.1, 0.15) is 16.1 Å². The minimum absolute atomic E-state index is 0.100. The van der Waals surface area contributed by atoms with Gasteiger partial charge in [0.25, 0.3) is 0 Å². The maximum atomic E-state index is 12.6. The fourth-order valence-corrected chi connectivity index (χ4v) is 6.52. The van der Waals surface area contributed by atoms with E-state index in [1.807, 2.05) is 23.1 Å². The number of hydrogen-bond donors (Lipinski definition) is 0. The summed E-state index contributed by atoms with van der Waals surface area (Å²) < 4.78 is 5.27. The van der Waals surface area contributed by atoms with Gasteiger partial charge in [-0.05, 0) is 17.7 Å². The maximum Gasteiger partial charge on any atom is 0.233 e. The summed E-state index contributed by atoms with van der Waals surface area (Å²) >= 11 is 3.44. The highest BCUT2D eigenvalue weighted by atomic mass is 32.2. The number of thiazole rings is 1. The SMILES string of the molecule is COc1ccc(C2SCC(=O)N2CCN2CCN(Cc3csc(-c4ccccc4)n3)CC2)cc1. The second-order valence-corrected chi connectivity index (χ2v) is 10.6. The highest BCUT2D eigenvalue weighted by molar-refractivity contribution is 8.00. The van der Waals surface area contributed by atoms with E-state index in [1.165, 1.54) is 11.1 Å². The van der Waals surface area contributed by atoms with Crippen LogP contribution in [0.5, 0.6) is 5.75 Å². The number of ether oxygens (including phenoxy) is 1. The Bertz CT molecular complexity index is 1080. The molecule has 8 heteroatoms. The first-order valence-corrected chi connectivity index (χ1v) is 13.6. The van der Waals surface area contributed by atoms with Crippen molar-refractivity contribution in [3.05, 3.63) is 71.2 Å². The van der Waals surface area contributed by atoms with E-state index in [-0.39, 0.29) is 11.3 Å². The zero-order chi connectivity index (χ0) is 23.3. The molecule has 1 aromatic heterocycles. The summed E-state index contributed by atoms with van der Waals surface area (Å²) in [5.41, 5.74) is 3.50. The molecular weight excluding hydrogens is 464 g/mol. The third-order valence-corrected chi connectivity index (χ3v) is 8.65. The van der Waals surface area contributed by atoms with E-state index in [0.29, 0.717) is 5.75 Å². The standard InChI is InChI=1S/C26H30N4O2S2/c1-32-23-9-7-21(8-10-23)26-30(24(31)19-34-26)16-15-28-11-13-29(14-12-28)17-22-18-33-25(27-22)20-5-3-2-4-6-20/h2-10,18,26H,11-17,19H2,1H3. The van der Waals surface area contributed by atoms with Crippen molar-refractivity contribution in [3.8, 4) is 16.3 Å². The van der Waals surface area contributed by atoms with Gasteiger partial charge >= 0.3 is 0 Å². The largest absolute Gasteiger partial charge is 0.497 e. The van der Waals surface area contributed by atoms with Crippen LogP contribution in [0.4, 0.5) is 0 Å². The Hall–Kier alpha value is -2.39. The molecule has 1 amide bonds. The van der Waals surface area contributed by atoms with Crippen LogP contribution in [0, 0.1) is 0 Å². The van der Waals surface area contributed by atoms with Gasteiger partial charge in [-0.3, -0.25) is 14.6 Å². The molecule has 34 heavy (non-hydrogen) atoms. The molecule has 1 unspecified atom stereocenters. The number of amides is 1. The number of methoxy groups -OCH3 is 1. The molecule has 2 saturated heterocycles.